The summed E-state index contributed by atoms with van der Waals surface area (Å²) in [5.74, 6) is -3.93. The summed E-state index contributed by atoms with van der Waals surface area (Å²) in [6, 6.07) is 24.7. The van der Waals surface area contributed by atoms with Gasteiger partial charge in [0.15, 0.2) is 0 Å². The van der Waals surface area contributed by atoms with Gasteiger partial charge in [0.25, 0.3) is 11.8 Å². The molecule has 1 heterocycles. The van der Waals surface area contributed by atoms with Crippen molar-refractivity contribution in [3.05, 3.63) is 119 Å². The van der Waals surface area contributed by atoms with Gasteiger partial charge >= 0.3 is 103 Å². The minimum atomic E-state index is -4.02. The van der Waals surface area contributed by atoms with Crippen molar-refractivity contribution < 1.29 is 141 Å². The number of aryl methyl sites for hydroxylation is 2. The van der Waals surface area contributed by atoms with Crippen LogP contribution in [0.25, 0.3) is 0 Å². The average Bonchev–Trinajstić information content (AvgIpc) is 3.74. The maximum Gasteiger partial charge on any atom is 1.00 e. The fourth-order valence-electron chi connectivity index (χ4n) is 7.40. The zero-order valence-electron chi connectivity index (χ0n) is 32.7. The molecule has 1 aliphatic heterocycles. The molecule has 1 aliphatic carbocycles. The second-order valence-corrected chi connectivity index (χ2v) is 16.0. The Labute approximate surface area is 419 Å². The van der Waals surface area contributed by atoms with Crippen LogP contribution in [-0.4, -0.2) is 62.2 Å². The fraction of sp³-hybridized carbons (Fsp3) is 0.333. The predicted octanol–water partition coefficient (Wildman–Crippen LogP) is -1.73. The molecule has 4 aromatic carbocycles. The van der Waals surface area contributed by atoms with E-state index in [9.17, 15) is 37.8 Å². The number of carboxylic acids is 2. The van der Waals surface area contributed by atoms with Crippen LogP contribution in [0.5, 0.6) is 0 Å². The molecule has 0 radical (unpaired) electrons. The van der Waals surface area contributed by atoms with E-state index in [4.69, 9.17) is 0 Å². The Bertz CT molecular complexity index is 2150. The number of aromatic carboxylic acids is 1. The summed E-state index contributed by atoms with van der Waals surface area (Å²) in [6.45, 7) is 3.62. The van der Waals surface area contributed by atoms with Gasteiger partial charge in [-0.1, -0.05) is 49.4 Å². The average molecular weight is 843 g/mol. The molecule has 2 aliphatic rings. The van der Waals surface area contributed by atoms with Gasteiger partial charge in [-0.2, -0.15) is 4.31 Å². The van der Waals surface area contributed by atoms with E-state index in [1.54, 1.807) is 43.3 Å². The van der Waals surface area contributed by atoms with Crippen molar-refractivity contribution in [2.45, 2.75) is 69.2 Å². The quantitative estimate of drug-likeness (QED) is 0.140. The van der Waals surface area contributed by atoms with E-state index in [0.717, 1.165) is 42.7 Å². The smallest absolute Gasteiger partial charge is 0.550 e. The number of carbonyl (C=O) groups is 4. The summed E-state index contributed by atoms with van der Waals surface area (Å²) >= 11 is 0. The van der Waals surface area contributed by atoms with E-state index in [-0.39, 0.29) is 143 Å². The number of rotatable bonds is 14. The Morgan fingerprint density at radius 3 is 1.93 bits per heavy atom. The molecule has 2 fully saturated rings. The third kappa shape index (κ3) is 12.2. The van der Waals surface area contributed by atoms with E-state index >= 15 is 0 Å². The molecule has 12 nitrogen and oxygen atoms in total. The Morgan fingerprint density at radius 2 is 1.35 bits per heavy atom. The van der Waals surface area contributed by atoms with Crippen LogP contribution >= 0.6 is 0 Å². The normalized spacial score (nSPS) is 16.6. The molecule has 2 amide bonds. The molecule has 4 aromatic rings. The molecule has 0 bridgehead atoms. The Morgan fingerprint density at radius 1 is 0.737 bits per heavy atom. The van der Waals surface area contributed by atoms with Crippen molar-refractivity contribution in [2.75, 3.05) is 35.2 Å². The Kier molecular flexibility index (Phi) is 18.2. The topological polar surface area (TPSA) is 179 Å². The van der Waals surface area contributed by atoms with E-state index < -0.39 is 39.7 Å². The van der Waals surface area contributed by atoms with E-state index in [1.807, 2.05) is 18.2 Å². The van der Waals surface area contributed by atoms with Crippen LogP contribution in [0.4, 0.5) is 17.1 Å². The zero-order chi connectivity index (χ0) is 39.1. The molecule has 1 saturated heterocycles. The fourth-order valence-corrected chi connectivity index (χ4v) is 9.14. The van der Waals surface area contributed by atoms with Gasteiger partial charge in [-0.15, -0.1) is 0 Å². The first-order valence-corrected chi connectivity index (χ1v) is 20.1. The molecule has 0 aromatic heterocycles. The molecule has 0 unspecified atom stereocenters. The Hall–Kier alpha value is -2.26. The van der Waals surface area contributed by atoms with Crippen molar-refractivity contribution in [3.8, 4) is 0 Å². The number of carbonyl (C=O) groups excluding carboxylic acids is 4. The molecular weight excluding hydrogens is 799 g/mol. The second-order valence-electron chi connectivity index (χ2n) is 14.1. The first-order valence-electron chi connectivity index (χ1n) is 18.7. The third-order valence-electron chi connectivity index (χ3n) is 10.5. The number of nitrogens with zero attached hydrogens (tertiary/aromatic N) is 2. The Balaban J connectivity index is 0.00000360. The van der Waals surface area contributed by atoms with Crippen LogP contribution in [0.1, 0.15) is 87.6 Å². The number of sulfonamides is 1. The standard InChI is InChI=1S/C42H46N4O8S.2K/c1-2-46(34-20-16-31(17-21-34)42(51)52)55(53,54)36-7-5-6-32(26-36)39(47)44-38-23-22-35(45-24-3-4-25-45)27-37(38)40(48)43-33-18-12-29(13-19-33)9-8-28-10-14-30(15-11-28)41(49)50;;/h5-7,10-15,18-19,22-23,26-27,31,34H,2-4,8-9,16-17,20-21,24-25H2,1H3,(H,43,48)(H,44,47)(H,49,50)(H,51,52);;/q;2*+1/p-2/t31-,34-;;. The van der Waals surface area contributed by atoms with E-state index in [2.05, 4.69) is 15.5 Å². The summed E-state index contributed by atoms with van der Waals surface area (Å²) in [6.07, 6.45) is 4.96. The monoisotopic (exact) mass is 842 g/mol. The van der Waals surface area contributed by atoms with E-state index in [1.165, 1.54) is 40.7 Å². The van der Waals surface area contributed by atoms with Crippen LogP contribution in [0, 0.1) is 5.92 Å². The minimum absolute atomic E-state index is 0. The summed E-state index contributed by atoms with van der Waals surface area (Å²) in [4.78, 5) is 52.0. The molecular formula is C42H44K2N4O8S. The third-order valence-corrected chi connectivity index (χ3v) is 12.5. The van der Waals surface area contributed by atoms with Gasteiger partial charge in [0.2, 0.25) is 10.0 Å². The van der Waals surface area contributed by atoms with Crippen LogP contribution in [0.3, 0.4) is 0 Å². The molecule has 15 heteroatoms. The number of nitrogens with one attached hydrogen (secondary N) is 2. The number of carboxylic acid groups (broad SMARTS) is 2. The van der Waals surface area contributed by atoms with Crippen molar-refractivity contribution in [2.24, 2.45) is 5.92 Å². The van der Waals surface area contributed by atoms with Crippen LogP contribution in [-0.2, 0) is 27.7 Å². The first-order chi connectivity index (χ1) is 26.4. The predicted molar refractivity (Wildman–Crippen MR) is 205 cm³/mol. The number of hydrogen-bond donors (Lipinski definition) is 2. The maximum absolute atomic E-state index is 13.8. The van der Waals surface area contributed by atoms with Crippen molar-refractivity contribution in [3.63, 3.8) is 0 Å². The summed E-state index contributed by atoms with van der Waals surface area (Å²) in [5.41, 5.74) is 4.16. The van der Waals surface area contributed by atoms with E-state index in [0.29, 0.717) is 44.2 Å². The molecule has 0 spiro atoms. The largest absolute Gasteiger partial charge is 1.00 e. The minimum Gasteiger partial charge on any atom is -0.550 e. The van der Waals surface area contributed by atoms with Crippen molar-refractivity contribution in [1.82, 2.24) is 4.31 Å². The van der Waals surface area contributed by atoms with Gasteiger partial charge < -0.3 is 35.3 Å². The van der Waals surface area contributed by atoms with Gasteiger partial charge in [-0.3, -0.25) is 9.59 Å². The number of anilines is 3. The van der Waals surface area contributed by atoms with Gasteiger partial charge in [0, 0.05) is 48.6 Å². The number of amides is 2. The first kappa shape index (κ1) is 47.4. The molecule has 57 heavy (non-hydrogen) atoms. The van der Waals surface area contributed by atoms with Gasteiger partial charge in [0.05, 0.1) is 22.1 Å². The van der Waals surface area contributed by atoms with Crippen molar-refractivity contribution in [1.29, 1.82) is 0 Å². The molecule has 6 rings (SSSR count). The number of hydrogen-bond acceptors (Lipinski definition) is 9. The molecule has 2 N–H and O–H groups in total. The zero-order valence-corrected chi connectivity index (χ0v) is 39.7. The summed E-state index contributed by atoms with van der Waals surface area (Å²) in [5, 5.41) is 28.2. The summed E-state index contributed by atoms with van der Waals surface area (Å²) < 4.78 is 29.0. The molecule has 288 valence electrons. The van der Waals surface area contributed by atoms with Crippen molar-refractivity contribution >= 4 is 50.8 Å². The summed E-state index contributed by atoms with van der Waals surface area (Å²) in [7, 11) is -4.02. The maximum atomic E-state index is 13.8. The van der Waals surface area contributed by atoms with Gasteiger partial charge in [-0.05, 0) is 123 Å². The number of benzene rings is 4. The van der Waals surface area contributed by atoms with Crippen LogP contribution in [0.15, 0.2) is 95.9 Å². The van der Waals surface area contributed by atoms with Crippen LogP contribution < -0.4 is 129 Å². The molecule has 0 atom stereocenters. The SMILES string of the molecule is CCN([C@H]1CC[C@H](C(=O)[O-])CC1)S(=O)(=O)c1cccc(C(=O)Nc2ccc(N3CCCC3)cc2C(=O)Nc2ccc(CCc3ccc(C(=O)[O-])cc3)cc2)c1.[K+].[K+]. The number of aliphatic carboxylic acids is 1. The van der Waals surface area contributed by atoms with Gasteiger partial charge in [-0.25, -0.2) is 8.42 Å². The van der Waals surface area contributed by atoms with Gasteiger partial charge in [0.1, 0.15) is 0 Å². The van der Waals surface area contributed by atoms with Crippen LogP contribution in [0.2, 0.25) is 0 Å². The second kappa shape index (κ2) is 21.8. The molecule has 1 saturated carbocycles.